The van der Waals surface area contributed by atoms with Gasteiger partial charge >= 0.3 is 0 Å². The molecule has 1 aromatic rings. The Kier molecular flexibility index (Phi) is 12.1. The van der Waals surface area contributed by atoms with Crippen molar-refractivity contribution < 1.29 is 14.4 Å². The molecule has 0 saturated heterocycles. The molecule has 0 aliphatic heterocycles. The molecule has 0 radical (unpaired) electrons. The Hall–Kier alpha value is -3.43. The van der Waals surface area contributed by atoms with E-state index in [-0.39, 0.29) is 35.8 Å². The molecule has 1 fully saturated rings. The Labute approximate surface area is 219 Å². The normalized spacial score (nSPS) is 15.3. The Morgan fingerprint density at radius 3 is 2.19 bits per heavy atom. The second kappa shape index (κ2) is 15.0. The lowest BCUT2D eigenvalue weighted by atomic mass is 9.83. The number of hydrogen-bond donors (Lipinski definition) is 6. The largest absolute Gasteiger partial charge is 0.388 e. The molecule has 1 unspecified atom stereocenters. The van der Waals surface area contributed by atoms with Crippen LogP contribution in [-0.4, -0.2) is 61.0 Å². The van der Waals surface area contributed by atoms with E-state index in [9.17, 15) is 14.4 Å². The van der Waals surface area contributed by atoms with E-state index >= 15 is 0 Å². The molecule has 1 aliphatic rings. The summed E-state index contributed by atoms with van der Waals surface area (Å²) < 4.78 is 0. The molecule has 10 nitrogen and oxygen atoms in total. The van der Waals surface area contributed by atoms with Gasteiger partial charge in [0.25, 0.3) is 0 Å². The Morgan fingerprint density at radius 1 is 0.973 bits per heavy atom. The molecule has 204 valence electrons. The predicted octanol–water partition coefficient (Wildman–Crippen LogP) is 1.90. The van der Waals surface area contributed by atoms with Crippen LogP contribution in [0.2, 0.25) is 0 Å². The van der Waals surface area contributed by atoms with E-state index in [0.29, 0.717) is 18.5 Å². The summed E-state index contributed by atoms with van der Waals surface area (Å²) in [5.74, 6) is -1.84. The fraction of sp³-hybridized carbons (Fsp3) is 0.593. The van der Waals surface area contributed by atoms with Gasteiger partial charge in [-0.2, -0.15) is 0 Å². The van der Waals surface area contributed by atoms with Crippen molar-refractivity contribution in [2.75, 3.05) is 20.6 Å². The van der Waals surface area contributed by atoms with Crippen molar-refractivity contribution in [3.8, 4) is 0 Å². The second-order valence-corrected chi connectivity index (χ2v) is 10.1. The zero-order valence-electron chi connectivity index (χ0n) is 22.1. The van der Waals surface area contributed by atoms with Crippen LogP contribution in [0.25, 0.3) is 0 Å². The van der Waals surface area contributed by atoms with Gasteiger partial charge in [-0.05, 0) is 43.6 Å². The van der Waals surface area contributed by atoms with Crippen molar-refractivity contribution in [2.45, 2.75) is 70.3 Å². The lowest BCUT2D eigenvalue weighted by Gasteiger charge is -2.31. The molecule has 0 bridgehead atoms. The molecule has 0 heterocycles. The van der Waals surface area contributed by atoms with E-state index in [1.54, 1.807) is 38.4 Å². The van der Waals surface area contributed by atoms with E-state index in [4.69, 9.17) is 22.3 Å². The summed E-state index contributed by atoms with van der Waals surface area (Å²) in [4.78, 5) is 41.1. The van der Waals surface area contributed by atoms with Gasteiger partial charge in [0.15, 0.2) is 0 Å². The first-order chi connectivity index (χ1) is 17.6. The number of amides is 3. The summed E-state index contributed by atoms with van der Waals surface area (Å²) in [6, 6.07) is 6.22. The highest BCUT2D eigenvalue weighted by atomic mass is 16.2. The Bertz CT molecular complexity index is 940. The third-order valence-corrected chi connectivity index (χ3v) is 6.88. The molecule has 37 heavy (non-hydrogen) atoms. The van der Waals surface area contributed by atoms with Crippen LogP contribution in [-0.2, 0) is 20.8 Å². The van der Waals surface area contributed by atoms with Crippen molar-refractivity contribution in [3.05, 3.63) is 35.4 Å². The number of nitrogens with two attached hydrogens (primary N) is 2. The minimum atomic E-state index is -0.983. The summed E-state index contributed by atoms with van der Waals surface area (Å²) in [6.45, 7) is 0.485. The highest BCUT2D eigenvalue weighted by molar-refractivity contribution is 6.02. The van der Waals surface area contributed by atoms with E-state index in [1.165, 1.54) is 4.90 Å². The maximum atomic E-state index is 13.5. The van der Waals surface area contributed by atoms with Gasteiger partial charge in [-0.3, -0.25) is 25.2 Å². The van der Waals surface area contributed by atoms with Crippen molar-refractivity contribution >= 4 is 29.4 Å². The Balaban J connectivity index is 2.11. The molecule has 2 atom stereocenters. The average Bonchev–Trinajstić information content (AvgIpc) is 2.87. The zero-order chi connectivity index (χ0) is 27.4. The number of carbonyl (C=O) groups excluding carboxylic acids is 3. The van der Waals surface area contributed by atoms with Crippen LogP contribution in [0.3, 0.4) is 0 Å². The molecule has 10 heteroatoms. The van der Waals surface area contributed by atoms with Crippen molar-refractivity contribution in [1.29, 1.82) is 10.8 Å². The van der Waals surface area contributed by atoms with Crippen LogP contribution >= 0.6 is 0 Å². The van der Waals surface area contributed by atoms with E-state index in [2.05, 4.69) is 10.6 Å². The molecular formula is C27H43N7O3. The number of hydrogen-bond acceptors (Lipinski definition) is 5. The van der Waals surface area contributed by atoms with Crippen LogP contribution < -0.4 is 22.1 Å². The molecule has 2 rings (SSSR count). The molecule has 0 aromatic heterocycles. The number of carbonyl (C=O) groups is 3. The molecule has 3 amide bonds. The third-order valence-electron chi connectivity index (χ3n) is 6.88. The maximum Gasteiger partial charge on any atom is 0.242 e. The maximum absolute atomic E-state index is 13.5. The van der Waals surface area contributed by atoms with Crippen LogP contribution in [0, 0.1) is 22.7 Å². The summed E-state index contributed by atoms with van der Waals surface area (Å²) in [5, 5.41) is 20.8. The van der Waals surface area contributed by atoms with Crippen molar-refractivity contribution in [2.24, 2.45) is 23.3 Å². The van der Waals surface area contributed by atoms with Crippen LogP contribution in [0.1, 0.15) is 68.9 Å². The van der Waals surface area contributed by atoms with Crippen molar-refractivity contribution in [3.63, 3.8) is 0 Å². The zero-order valence-corrected chi connectivity index (χ0v) is 22.1. The lowest BCUT2D eigenvalue weighted by molar-refractivity contribution is -0.142. The van der Waals surface area contributed by atoms with Gasteiger partial charge in [-0.1, -0.05) is 49.9 Å². The second-order valence-electron chi connectivity index (χ2n) is 10.1. The first-order valence-corrected chi connectivity index (χ1v) is 13.2. The van der Waals surface area contributed by atoms with Gasteiger partial charge in [0, 0.05) is 32.6 Å². The van der Waals surface area contributed by atoms with Crippen LogP contribution in [0.4, 0.5) is 0 Å². The first kappa shape index (κ1) is 29.8. The van der Waals surface area contributed by atoms with Crippen molar-refractivity contribution in [1.82, 2.24) is 15.5 Å². The summed E-state index contributed by atoms with van der Waals surface area (Å²) in [7, 11) is 3.22. The summed E-state index contributed by atoms with van der Waals surface area (Å²) >= 11 is 0. The smallest absolute Gasteiger partial charge is 0.242 e. The number of benzene rings is 1. The number of nitrogens with one attached hydrogen (secondary N) is 4. The van der Waals surface area contributed by atoms with Gasteiger partial charge in [0.05, 0.1) is 5.84 Å². The topological polar surface area (TPSA) is 178 Å². The summed E-state index contributed by atoms with van der Waals surface area (Å²) in [6.07, 6.45) is 8.00. The fourth-order valence-electron chi connectivity index (χ4n) is 4.72. The molecule has 1 aromatic carbocycles. The van der Waals surface area contributed by atoms with Crippen LogP contribution in [0.15, 0.2) is 24.3 Å². The van der Waals surface area contributed by atoms with Gasteiger partial charge < -0.3 is 27.0 Å². The van der Waals surface area contributed by atoms with Gasteiger partial charge in [-0.25, -0.2) is 0 Å². The van der Waals surface area contributed by atoms with E-state index < -0.39 is 17.9 Å². The fourth-order valence-corrected chi connectivity index (χ4v) is 4.72. The number of rotatable bonds is 14. The monoisotopic (exact) mass is 513 g/mol. The molecule has 0 spiro atoms. The summed E-state index contributed by atoms with van der Waals surface area (Å²) in [5.41, 5.74) is 12.3. The number of nitrogens with zero attached hydrogens (tertiary/aromatic N) is 1. The standard InChI is InChI=1S/C27H43N7O3/c1-34(2)27(37)21(17-18-12-14-20(15-13-18)24(30)31)25(35)33-23(19-9-5-3-6-10-19)26(36)32-16-8-4-7-11-22(28)29/h12-15,19,21,23H,3-11,16-17H2,1-2H3,(H3,28,29)(H3,30,31)(H,32,36)(H,33,35)/t21?,23-/m0/s1. The molecule has 8 N–H and O–H groups in total. The molecule has 1 aliphatic carbocycles. The third kappa shape index (κ3) is 9.86. The first-order valence-electron chi connectivity index (χ1n) is 13.2. The Morgan fingerprint density at radius 2 is 1.62 bits per heavy atom. The van der Waals surface area contributed by atoms with Gasteiger partial charge in [0.2, 0.25) is 17.7 Å². The lowest BCUT2D eigenvalue weighted by Crippen LogP contribution is -2.54. The highest BCUT2D eigenvalue weighted by Gasteiger charge is 2.35. The number of amidine groups is 2. The average molecular weight is 514 g/mol. The SMILES string of the molecule is CN(C)C(=O)C(Cc1ccc(C(=N)N)cc1)C(=O)N[C@H](C(=O)NCCCCCC(=N)N)C1CCCCC1. The quantitative estimate of drug-likeness (QED) is 0.0961. The minimum absolute atomic E-state index is 0.0281. The van der Waals surface area contributed by atoms with Gasteiger partial charge in [0.1, 0.15) is 17.8 Å². The molecule has 1 saturated carbocycles. The molecular weight excluding hydrogens is 470 g/mol. The highest BCUT2D eigenvalue weighted by Crippen LogP contribution is 2.27. The van der Waals surface area contributed by atoms with Gasteiger partial charge in [-0.15, -0.1) is 0 Å². The number of unbranched alkanes of at least 4 members (excludes halogenated alkanes) is 2. The van der Waals surface area contributed by atoms with Crippen LogP contribution in [0.5, 0.6) is 0 Å². The van der Waals surface area contributed by atoms with E-state index in [1.807, 2.05) is 0 Å². The minimum Gasteiger partial charge on any atom is -0.388 e. The predicted molar refractivity (Wildman–Crippen MR) is 145 cm³/mol. The number of nitrogen functional groups attached to an aromatic ring is 1. The van der Waals surface area contributed by atoms with E-state index in [0.717, 1.165) is 56.9 Å².